The highest BCUT2D eigenvalue weighted by Gasteiger charge is 2.20. The van der Waals surface area contributed by atoms with Gasteiger partial charge in [-0.1, -0.05) is 30.4 Å². The van der Waals surface area contributed by atoms with Crippen molar-refractivity contribution in [2.75, 3.05) is 29.0 Å². The first-order valence-electron chi connectivity index (χ1n) is 8.19. The number of aromatic nitrogens is 3. The van der Waals surface area contributed by atoms with E-state index in [0.717, 1.165) is 40.2 Å². The van der Waals surface area contributed by atoms with Crippen molar-refractivity contribution >= 4 is 44.0 Å². The molecule has 0 radical (unpaired) electrons. The Bertz CT molecular complexity index is 820. The quantitative estimate of drug-likeness (QED) is 0.757. The van der Waals surface area contributed by atoms with Crippen molar-refractivity contribution in [3.05, 3.63) is 30.6 Å². The molecule has 1 saturated heterocycles. The number of nitrogens with two attached hydrogens (primary N) is 1. The summed E-state index contributed by atoms with van der Waals surface area (Å²) in [4.78, 5) is 15.5. The van der Waals surface area contributed by atoms with E-state index in [1.807, 2.05) is 18.2 Å². The number of benzene rings is 1. The first-order chi connectivity index (χ1) is 11.7. The van der Waals surface area contributed by atoms with Gasteiger partial charge in [-0.3, -0.25) is 0 Å². The van der Waals surface area contributed by atoms with Gasteiger partial charge in [0, 0.05) is 13.1 Å². The van der Waals surface area contributed by atoms with Gasteiger partial charge in [0.1, 0.15) is 12.0 Å². The van der Waals surface area contributed by atoms with E-state index in [4.69, 9.17) is 5.73 Å². The molecule has 124 valence electrons. The van der Waals surface area contributed by atoms with Crippen LogP contribution < -0.4 is 16.0 Å². The van der Waals surface area contributed by atoms with E-state index in [-0.39, 0.29) is 0 Å². The zero-order valence-corrected chi connectivity index (χ0v) is 14.4. The Kier molecular flexibility index (Phi) is 3.93. The van der Waals surface area contributed by atoms with E-state index in [0.29, 0.717) is 11.5 Å². The average molecular weight is 340 g/mol. The third-order valence-electron chi connectivity index (χ3n) is 4.47. The summed E-state index contributed by atoms with van der Waals surface area (Å²) in [6.45, 7) is 4.27. The van der Waals surface area contributed by atoms with Gasteiger partial charge in [0.15, 0.2) is 16.8 Å². The summed E-state index contributed by atoms with van der Waals surface area (Å²) in [7, 11) is 0. The van der Waals surface area contributed by atoms with Crippen LogP contribution in [0, 0.1) is 5.92 Å². The lowest BCUT2D eigenvalue weighted by Crippen LogP contribution is -2.34. The van der Waals surface area contributed by atoms with E-state index in [2.05, 4.69) is 38.2 Å². The zero-order valence-electron chi connectivity index (χ0n) is 13.6. The van der Waals surface area contributed by atoms with Gasteiger partial charge >= 0.3 is 0 Å². The maximum absolute atomic E-state index is 6.34. The van der Waals surface area contributed by atoms with Gasteiger partial charge in [-0.15, -0.1) is 0 Å². The topological polar surface area (TPSA) is 80.0 Å². The summed E-state index contributed by atoms with van der Waals surface area (Å²) in [5.41, 5.74) is 7.90. The van der Waals surface area contributed by atoms with Crippen molar-refractivity contribution < 1.29 is 0 Å². The summed E-state index contributed by atoms with van der Waals surface area (Å²) >= 11 is 1.59. The molecule has 0 unspecified atom stereocenters. The Balaban J connectivity index is 1.60. The second kappa shape index (κ2) is 6.24. The van der Waals surface area contributed by atoms with E-state index in [1.165, 1.54) is 12.8 Å². The Hall–Kier alpha value is -2.41. The highest BCUT2D eigenvalue weighted by atomic mass is 32.1. The van der Waals surface area contributed by atoms with E-state index in [1.54, 1.807) is 17.7 Å². The highest BCUT2D eigenvalue weighted by molar-refractivity contribution is 7.22. The van der Waals surface area contributed by atoms with Gasteiger partial charge in [0.2, 0.25) is 0 Å². The Morgan fingerprint density at radius 3 is 2.79 bits per heavy atom. The van der Waals surface area contributed by atoms with Crippen molar-refractivity contribution in [3.8, 4) is 0 Å². The summed E-state index contributed by atoms with van der Waals surface area (Å²) in [6, 6.07) is 8.06. The number of fused-ring (bicyclic) bond motifs is 1. The smallest absolute Gasteiger partial charge is 0.189 e. The van der Waals surface area contributed by atoms with Crippen LogP contribution in [0.4, 0.5) is 22.5 Å². The van der Waals surface area contributed by atoms with Crippen molar-refractivity contribution in [1.29, 1.82) is 0 Å². The predicted molar refractivity (Wildman–Crippen MR) is 100.0 cm³/mol. The maximum Gasteiger partial charge on any atom is 0.189 e. The lowest BCUT2D eigenvalue weighted by Gasteiger charge is -2.32. The van der Waals surface area contributed by atoms with Crippen LogP contribution in [-0.2, 0) is 0 Å². The molecule has 0 bridgehead atoms. The maximum atomic E-state index is 6.34. The minimum absolute atomic E-state index is 0.589. The molecule has 3 aromatic rings. The minimum Gasteiger partial charge on any atom is -0.393 e. The van der Waals surface area contributed by atoms with Crippen LogP contribution in [0.1, 0.15) is 19.8 Å². The molecular formula is C17H20N6S. The standard InChI is InChI=1S/C17H20N6S/c1-11-6-8-23(9-7-11)16-14(18)15(19-10-20-16)22-17-21-12-4-2-3-5-13(12)24-17/h2-5,10-11H,6-9,18H2,1H3,(H,19,20,21,22). The molecule has 0 saturated carbocycles. The highest BCUT2D eigenvalue weighted by Crippen LogP contribution is 2.33. The van der Waals surface area contributed by atoms with E-state index >= 15 is 0 Å². The molecule has 24 heavy (non-hydrogen) atoms. The van der Waals surface area contributed by atoms with Crippen LogP contribution in [0.3, 0.4) is 0 Å². The number of para-hydroxylation sites is 1. The molecule has 7 heteroatoms. The molecule has 1 aliphatic rings. The Morgan fingerprint density at radius 1 is 1.21 bits per heavy atom. The summed E-state index contributed by atoms with van der Waals surface area (Å²) < 4.78 is 1.14. The van der Waals surface area contributed by atoms with Crippen LogP contribution in [0.2, 0.25) is 0 Å². The molecule has 0 atom stereocenters. The number of hydrogen-bond acceptors (Lipinski definition) is 7. The van der Waals surface area contributed by atoms with Gasteiger partial charge in [0.05, 0.1) is 10.2 Å². The number of nitrogen functional groups attached to an aromatic ring is 1. The molecule has 2 aromatic heterocycles. The molecule has 6 nitrogen and oxygen atoms in total. The fourth-order valence-electron chi connectivity index (χ4n) is 2.99. The fraction of sp³-hybridized carbons (Fsp3) is 0.353. The van der Waals surface area contributed by atoms with Crippen molar-refractivity contribution in [2.24, 2.45) is 5.92 Å². The van der Waals surface area contributed by atoms with E-state index in [9.17, 15) is 0 Å². The molecule has 0 spiro atoms. The van der Waals surface area contributed by atoms with Gasteiger partial charge in [-0.2, -0.15) is 0 Å². The van der Waals surface area contributed by atoms with E-state index < -0.39 is 0 Å². The summed E-state index contributed by atoms with van der Waals surface area (Å²) in [6.07, 6.45) is 3.91. The minimum atomic E-state index is 0.589. The first-order valence-corrected chi connectivity index (χ1v) is 9.00. The number of nitrogens with zero attached hydrogens (tertiary/aromatic N) is 4. The average Bonchev–Trinajstić information content (AvgIpc) is 3.00. The Labute approximate surface area is 144 Å². The normalized spacial score (nSPS) is 15.8. The second-order valence-electron chi connectivity index (χ2n) is 6.24. The molecule has 3 N–H and O–H groups in total. The largest absolute Gasteiger partial charge is 0.393 e. The van der Waals surface area contributed by atoms with Crippen molar-refractivity contribution in [1.82, 2.24) is 15.0 Å². The third kappa shape index (κ3) is 2.87. The van der Waals surface area contributed by atoms with Crippen LogP contribution in [0.5, 0.6) is 0 Å². The number of rotatable bonds is 3. The van der Waals surface area contributed by atoms with Crippen LogP contribution in [0.15, 0.2) is 30.6 Å². The molecule has 1 aromatic carbocycles. The number of thiazole rings is 1. The van der Waals surface area contributed by atoms with Gasteiger partial charge in [0.25, 0.3) is 0 Å². The van der Waals surface area contributed by atoms with Crippen LogP contribution in [-0.4, -0.2) is 28.0 Å². The molecule has 0 aliphatic carbocycles. The first kappa shape index (κ1) is 15.1. The summed E-state index contributed by atoms with van der Waals surface area (Å²) in [5, 5.41) is 4.05. The van der Waals surface area contributed by atoms with Crippen LogP contribution >= 0.6 is 11.3 Å². The molecule has 1 fully saturated rings. The number of anilines is 4. The lowest BCUT2D eigenvalue weighted by atomic mass is 9.99. The molecule has 4 rings (SSSR count). The van der Waals surface area contributed by atoms with Crippen LogP contribution in [0.25, 0.3) is 10.2 Å². The van der Waals surface area contributed by atoms with Gasteiger partial charge in [-0.25, -0.2) is 15.0 Å². The number of piperidine rings is 1. The monoisotopic (exact) mass is 340 g/mol. The molecule has 0 amide bonds. The molecule has 1 aliphatic heterocycles. The second-order valence-corrected chi connectivity index (χ2v) is 7.27. The lowest BCUT2D eigenvalue weighted by molar-refractivity contribution is 0.437. The molecule has 3 heterocycles. The SMILES string of the molecule is CC1CCN(c2ncnc(Nc3nc4ccccc4s3)c2N)CC1. The number of hydrogen-bond donors (Lipinski definition) is 2. The zero-order chi connectivity index (χ0) is 16.5. The fourth-order valence-corrected chi connectivity index (χ4v) is 3.85. The third-order valence-corrected chi connectivity index (χ3v) is 5.42. The molecular weight excluding hydrogens is 320 g/mol. The predicted octanol–water partition coefficient (Wildman–Crippen LogP) is 3.65. The van der Waals surface area contributed by atoms with Gasteiger partial charge in [-0.05, 0) is 30.9 Å². The number of nitrogens with one attached hydrogen (secondary N) is 1. The van der Waals surface area contributed by atoms with Crippen molar-refractivity contribution in [2.45, 2.75) is 19.8 Å². The Morgan fingerprint density at radius 2 is 2.00 bits per heavy atom. The summed E-state index contributed by atoms with van der Waals surface area (Å²) in [5.74, 6) is 2.21. The van der Waals surface area contributed by atoms with Gasteiger partial charge < -0.3 is 16.0 Å². The van der Waals surface area contributed by atoms with Crippen molar-refractivity contribution in [3.63, 3.8) is 0 Å².